The maximum absolute atomic E-state index is 14.1. The molecule has 1 aliphatic heterocycles. The van der Waals surface area contributed by atoms with Crippen LogP contribution in [0.25, 0.3) is 0 Å². The normalized spacial score (nSPS) is 15.6. The number of halogens is 2. The Labute approximate surface area is 237 Å². The monoisotopic (exact) mass is 549 g/mol. The van der Waals surface area contributed by atoms with E-state index < -0.39 is 5.60 Å². The Morgan fingerprint density at radius 1 is 0.975 bits per heavy atom. The van der Waals surface area contributed by atoms with Gasteiger partial charge in [-0.2, -0.15) is 0 Å². The highest BCUT2D eigenvalue weighted by Crippen LogP contribution is 2.27. The van der Waals surface area contributed by atoms with Crippen molar-refractivity contribution in [2.45, 2.75) is 78.2 Å². The van der Waals surface area contributed by atoms with Crippen LogP contribution in [0.4, 0.5) is 19.3 Å². The van der Waals surface area contributed by atoms with Crippen LogP contribution in [0.5, 0.6) is 0 Å². The first-order chi connectivity index (χ1) is 18.9. The molecule has 3 aromatic rings. The molecule has 0 bridgehead atoms. The van der Waals surface area contributed by atoms with E-state index in [0.29, 0.717) is 32.2 Å². The van der Waals surface area contributed by atoms with Crippen molar-refractivity contribution < 1.29 is 18.3 Å². The molecule has 0 aromatic heterocycles. The molecule has 0 saturated heterocycles. The van der Waals surface area contributed by atoms with E-state index in [2.05, 4.69) is 24.1 Å². The quantitative estimate of drug-likeness (QED) is 0.307. The van der Waals surface area contributed by atoms with Gasteiger partial charge in [-0.25, -0.2) is 13.6 Å². The second-order valence-electron chi connectivity index (χ2n) is 12.0. The summed E-state index contributed by atoms with van der Waals surface area (Å²) >= 11 is 0. The summed E-state index contributed by atoms with van der Waals surface area (Å²) in [5, 5.41) is 3.39. The van der Waals surface area contributed by atoms with Gasteiger partial charge in [0.2, 0.25) is 0 Å². The summed E-state index contributed by atoms with van der Waals surface area (Å²) < 4.78 is 33.4. The fourth-order valence-corrected chi connectivity index (χ4v) is 5.10. The minimum atomic E-state index is -0.618. The molecule has 0 radical (unpaired) electrons. The first-order valence-corrected chi connectivity index (χ1v) is 14.0. The molecule has 40 heavy (non-hydrogen) atoms. The predicted octanol–water partition coefficient (Wildman–Crippen LogP) is 7.19. The molecule has 0 saturated carbocycles. The zero-order valence-corrected chi connectivity index (χ0v) is 24.2. The van der Waals surface area contributed by atoms with Gasteiger partial charge in [-0.3, -0.25) is 4.90 Å². The van der Waals surface area contributed by atoms with Crippen LogP contribution in [0, 0.1) is 11.6 Å². The number of nitrogens with zero attached hydrogens (tertiary/aromatic N) is 2. The van der Waals surface area contributed by atoms with Crippen molar-refractivity contribution in [3.63, 3.8) is 0 Å². The lowest BCUT2D eigenvalue weighted by Gasteiger charge is -2.38. The van der Waals surface area contributed by atoms with Crippen molar-refractivity contribution >= 4 is 11.8 Å². The lowest BCUT2D eigenvalue weighted by atomic mass is 9.90. The van der Waals surface area contributed by atoms with Crippen LogP contribution < -0.4 is 5.32 Å². The summed E-state index contributed by atoms with van der Waals surface area (Å²) in [6, 6.07) is 20.1. The fraction of sp³-hybridized carbons (Fsp3) is 0.424. The molecule has 1 atom stereocenters. The van der Waals surface area contributed by atoms with Crippen LogP contribution in [0.15, 0.2) is 66.7 Å². The van der Waals surface area contributed by atoms with Gasteiger partial charge in [-0.15, -0.1) is 0 Å². The fourth-order valence-electron chi connectivity index (χ4n) is 5.10. The lowest BCUT2D eigenvalue weighted by Crippen LogP contribution is -2.47. The molecule has 3 aromatic carbocycles. The van der Waals surface area contributed by atoms with Crippen LogP contribution in [0.1, 0.15) is 56.9 Å². The number of rotatable bonds is 9. The zero-order valence-electron chi connectivity index (χ0n) is 24.2. The zero-order chi connectivity index (χ0) is 28.9. The highest BCUT2D eigenvalue weighted by atomic mass is 19.1. The Hall–Kier alpha value is -3.45. The summed E-state index contributed by atoms with van der Waals surface area (Å²) in [6.07, 6.45) is 1.12. The molecule has 0 fully saturated rings. The maximum atomic E-state index is 14.1. The highest BCUT2D eigenvalue weighted by molar-refractivity contribution is 5.68. The van der Waals surface area contributed by atoms with Crippen LogP contribution >= 0.6 is 0 Å². The van der Waals surface area contributed by atoms with E-state index in [1.54, 1.807) is 11.0 Å². The summed E-state index contributed by atoms with van der Waals surface area (Å²) in [4.78, 5) is 17.3. The van der Waals surface area contributed by atoms with E-state index >= 15 is 0 Å². The average molecular weight is 550 g/mol. The Morgan fingerprint density at radius 3 is 2.27 bits per heavy atom. The number of nitrogens with one attached hydrogen (secondary N) is 1. The lowest BCUT2D eigenvalue weighted by molar-refractivity contribution is 0.0198. The minimum absolute atomic E-state index is 0.130. The number of anilines is 1. The van der Waals surface area contributed by atoms with E-state index in [1.165, 1.54) is 18.2 Å². The molecule has 5 nitrogen and oxygen atoms in total. The maximum Gasteiger partial charge on any atom is 0.410 e. The SMILES string of the molecule is CC(C)Nc1ccc(CN(CCN2Cc3cc(F)ccc3CC2Cc2ccc(F)cc2)C(=O)OC(C)(C)C)cc1. The van der Waals surface area contributed by atoms with E-state index in [0.717, 1.165) is 40.8 Å². The number of fused-ring (bicyclic) bond motifs is 1. The van der Waals surface area contributed by atoms with Crippen molar-refractivity contribution in [3.8, 4) is 0 Å². The predicted molar refractivity (Wildman–Crippen MR) is 156 cm³/mol. The summed E-state index contributed by atoms with van der Waals surface area (Å²) in [5.41, 5.74) is 4.56. The topological polar surface area (TPSA) is 44.8 Å². The molecule has 0 aliphatic carbocycles. The highest BCUT2D eigenvalue weighted by Gasteiger charge is 2.29. The summed E-state index contributed by atoms with van der Waals surface area (Å²) in [5.74, 6) is -0.507. The Morgan fingerprint density at radius 2 is 1.62 bits per heavy atom. The third kappa shape index (κ3) is 8.52. The van der Waals surface area contributed by atoms with Gasteiger partial charge >= 0.3 is 6.09 Å². The summed E-state index contributed by atoms with van der Waals surface area (Å²) in [7, 11) is 0. The number of carbonyl (C=O) groups excluding carboxylic acids is 1. The molecule has 4 rings (SSSR count). The van der Waals surface area contributed by atoms with Crippen LogP contribution in [-0.4, -0.2) is 46.7 Å². The van der Waals surface area contributed by atoms with Crippen LogP contribution in [0.2, 0.25) is 0 Å². The second kappa shape index (κ2) is 12.8. The standard InChI is InChI=1S/C33H41F2N3O2/c1-23(2)36-30-14-8-25(9-15-30)21-38(32(39)40-33(3,4)5)17-16-37-22-27-19-29(35)13-10-26(27)20-31(37)18-24-6-11-28(34)12-7-24/h6-15,19,23,31,36H,16-18,20-22H2,1-5H3. The van der Waals surface area contributed by atoms with Crippen molar-refractivity contribution in [1.82, 2.24) is 9.80 Å². The third-order valence-electron chi connectivity index (χ3n) is 6.99. The van der Waals surface area contributed by atoms with Gasteiger partial charge in [-0.1, -0.05) is 30.3 Å². The van der Waals surface area contributed by atoms with Gasteiger partial charge in [0.15, 0.2) is 0 Å². The van der Waals surface area contributed by atoms with Gasteiger partial charge in [-0.05, 0) is 106 Å². The molecule has 1 amide bonds. The van der Waals surface area contributed by atoms with Crippen molar-refractivity contribution in [2.24, 2.45) is 0 Å². The molecule has 214 valence electrons. The number of hydrogen-bond acceptors (Lipinski definition) is 4. The van der Waals surface area contributed by atoms with E-state index in [4.69, 9.17) is 4.74 Å². The summed E-state index contributed by atoms with van der Waals surface area (Å²) in [6.45, 7) is 11.8. The van der Waals surface area contributed by atoms with Crippen molar-refractivity contribution in [3.05, 3.63) is 101 Å². The van der Waals surface area contributed by atoms with Gasteiger partial charge in [0.1, 0.15) is 17.2 Å². The van der Waals surface area contributed by atoms with E-state index in [-0.39, 0.29) is 23.8 Å². The first-order valence-electron chi connectivity index (χ1n) is 14.0. The Kier molecular flexibility index (Phi) is 9.46. The van der Waals surface area contributed by atoms with Crippen LogP contribution in [-0.2, 0) is 30.7 Å². The molecule has 1 aliphatic rings. The Bertz CT molecular complexity index is 1270. The Balaban J connectivity index is 1.53. The van der Waals surface area contributed by atoms with Crippen molar-refractivity contribution in [2.75, 3.05) is 18.4 Å². The number of hydrogen-bond donors (Lipinski definition) is 1. The van der Waals surface area contributed by atoms with Gasteiger partial charge < -0.3 is 15.0 Å². The smallest absolute Gasteiger partial charge is 0.410 e. The van der Waals surface area contributed by atoms with Gasteiger partial charge in [0, 0.05) is 44.0 Å². The number of carbonyl (C=O) groups is 1. The molecular formula is C33H41F2N3O2. The first kappa shape index (κ1) is 29.5. The third-order valence-corrected chi connectivity index (χ3v) is 6.99. The van der Waals surface area contributed by atoms with Gasteiger partial charge in [0.05, 0.1) is 0 Å². The van der Waals surface area contributed by atoms with Gasteiger partial charge in [0.25, 0.3) is 0 Å². The van der Waals surface area contributed by atoms with E-state index in [1.807, 2.05) is 63.2 Å². The average Bonchev–Trinajstić information content (AvgIpc) is 2.87. The largest absolute Gasteiger partial charge is 0.444 e. The molecule has 1 N–H and O–H groups in total. The second-order valence-corrected chi connectivity index (χ2v) is 12.0. The van der Waals surface area contributed by atoms with Crippen LogP contribution in [0.3, 0.4) is 0 Å². The molecule has 1 heterocycles. The number of benzene rings is 3. The molecular weight excluding hydrogens is 508 g/mol. The molecule has 7 heteroatoms. The van der Waals surface area contributed by atoms with E-state index in [9.17, 15) is 13.6 Å². The number of ether oxygens (including phenoxy) is 1. The minimum Gasteiger partial charge on any atom is -0.444 e. The molecule has 1 unspecified atom stereocenters. The van der Waals surface area contributed by atoms with Crippen molar-refractivity contribution in [1.29, 1.82) is 0 Å². The molecule has 0 spiro atoms. The number of amides is 1.